The predicted octanol–water partition coefficient (Wildman–Crippen LogP) is 0.612. The maximum atomic E-state index is 12.7. The van der Waals surface area contributed by atoms with Crippen LogP contribution in [-0.4, -0.2) is 180 Å². The van der Waals surface area contributed by atoms with Gasteiger partial charge in [0.2, 0.25) is 0 Å². The van der Waals surface area contributed by atoms with Crippen molar-refractivity contribution in [2.45, 2.75) is 217 Å². The zero-order valence-electron chi connectivity index (χ0n) is 39.0. The fraction of sp³-hybridized carbons (Fsp3) is 0.957. The first kappa shape index (κ1) is 50.9. The van der Waals surface area contributed by atoms with E-state index in [0.717, 1.165) is 37.7 Å². The van der Waals surface area contributed by atoms with Crippen molar-refractivity contribution in [1.29, 1.82) is 0 Å². The van der Waals surface area contributed by atoms with Gasteiger partial charge < -0.3 is 84.6 Å². The molecule has 370 valence electrons. The second-order valence-corrected chi connectivity index (χ2v) is 22.5. The van der Waals surface area contributed by atoms with Crippen LogP contribution in [0.2, 0.25) is 0 Å². The molecule has 7 aliphatic rings. The van der Waals surface area contributed by atoms with Crippen LogP contribution in [0.15, 0.2) is 11.6 Å². The molecule has 7 rings (SSSR count). The summed E-state index contributed by atoms with van der Waals surface area (Å²) in [4.78, 5) is 0. The molecule has 4 saturated carbocycles. The zero-order chi connectivity index (χ0) is 47.1. The topological polar surface area (TPSA) is 278 Å². The number of hydrogen-bond donors (Lipinski definition) is 11. The van der Waals surface area contributed by atoms with Crippen molar-refractivity contribution in [3.63, 3.8) is 0 Å². The van der Waals surface area contributed by atoms with E-state index in [4.69, 9.17) is 28.4 Å². The second kappa shape index (κ2) is 18.8. The first-order chi connectivity index (χ1) is 29.9. The van der Waals surface area contributed by atoms with E-state index in [1.807, 2.05) is 20.8 Å². The Kier molecular flexibility index (Phi) is 14.9. The van der Waals surface area contributed by atoms with E-state index in [1.165, 1.54) is 0 Å². The fourth-order valence-electron chi connectivity index (χ4n) is 14.5. The van der Waals surface area contributed by atoms with Crippen LogP contribution in [0.25, 0.3) is 0 Å². The van der Waals surface area contributed by atoms with E-state index in [-0.39, 0.29) is 52.6 Å². The van der Waals surface area contributed by atoms with Crippen molar-refractivity contribution in [2.24, 2.45) is 45.3 Å². The Morgan fingerprint density at radius 3 is 1.94 bits per heavy atom. The van der Waals surface area contributed by atoms with Crippen molar-refractivity contribution in [3.8, 4) is 0 Å². The van der Waals surface area contributed by atoms with Crippen LogP contribution in [0, 0.1) is 45.3 Å². The van der Waals surface area contributed by atoms with Crippen LogP contribution < -0.4 is 0 Å². The van der Waals surface area contributed by atoms with Gasteiger partial charge in [0.15, 0.2) is 18.9 Å². The summed E-state index contributed by atoms with van der Waals surface area (Å²) in [6, 6.07) is 0. The Hall–Kier alpha value is -0.940. The maximum Gasteiger partial charge on any atom is 0.187 e. The highest BCUT2D eigenvalue weighted by molar-refractivity contribution is 5.20. The van der Waals surface area contributed by atoms with Crippen LogP contribution in [-0.2, 0) is 28.4 Å². The van der Waals surface area contributed by atoms with Gasteiger partial charge in [-0.2, -0.15) is 0 Å². The predicted molar refractivity (Wildman–Crippen MR) is 228 cm³/mol. The molecule has 17 heteroatoms. The number of aliphatic hydroxyl groups excluding tert-OH is 11. The number of ether oxygens (including phenoxy) is 6. The molecule has 0 aromatic rings. The van der Waals surface area contributed by atoms with Gasteiger partial charge in [-0.25, -0.2) is 0 Å². The Bertz CT molecular complexity index is 1630. The molecule has 0 amide bonds. The molecule has 0 unspecified atom stereocenters. The third kappa shape index (κ3) is 8.60. The smallest absolute Gasteiger partial charge is 0.187 e. The molecule has 0 spiro atoms. The monoisotopic (exact) mass is 917 g/mol. The molecule has 0 aromatic carbocycles. The van der Waals surface area contributed by atoms with Crippen LogP contribution in [0.3, 0.4) is 0 Å². The Morgan fingerprint density at radius 2 is 1.28 bits per heavy atom. The fourth-order valence-corrected chi connectivity index (χ4v) is 14.5. The lowest BCUT2D eigenvalue weighted by molar-refractivity contribution is -0.346. The minimum atomic E-state index is -1.68. The molecule has 0 aromatic heterocycles. The largest absolute Gasteiger partial charge is 0.394 e. The van der Waals surface area contributed by atoms with Gasteiger partial charge in [-0.05, 0) is 124 Å². The lowest BCUT2D eigenvalue weighted by Gasteiger charge is -2.71. The molecular formula is C47H80O17. The van der Waals surface area contributed by atoms with E-state index < -0.39 is 116 Å². The van der Waals surface area contributed by atoms with Crippen molar-refractivity contribution >= 4 is 0 Å². The molecule has 24 atom stereocenters. The lowest BCUT2D eigenvalue weighted by atomic mass is 9.35. The number of rotatable bonds is 12. The van der Waals surface area contributed by atoms with E-state index in [9.17, 15) is 56.2 Å². The molecule has 17 nitrogen and oxygen atoms in total. The van der Waals surface area contributed by atoms with Gasteiger partial charge in [0.1, 0.15) is 67.1 Å². The highest BCUT2D eigenvalue weighted by atomic mass is 16.7. The second-order valence-electron chi connectivity index (χ2n) is 22.5. The SMILES string of the molecule is CC(C)=CCC[C@](C)(O[C@@H]1O[C@H](CO[C@@H]2OC[C@@H](O)[C@H](O)[C@H]2O)[C@@H](O)[C@H](O)[C@H]1O)[C@H]1CC[C@]2(C)[C@@H]1[C@H](O)C[C@@H]1[C@@]3(C)CC[C@H](O[C@@H]4O[C@H](CO)[C@@H](O)[C@H](O)[C@H]4O)C(C)(C)[C@@H]3CC[C@]12C. The molecule has 3 heterocycles. The zero-order valence-corrected chi connectivity index (χ0v) is 39.0. The Morgan fingerprint density at radius 1 is 0.672 bits per heavy atom. The van der Waals surface area contributed by atoms with Crippen LogP contribution in [0.4, 0.5) is 0 Å². The summed E-state index contributed by atoms with van der Waals surface area (Å²) in [6.07, 6.45) is -12.4. The first-order valence-electron chi connectivity index (χ1n) is 23.8. The lowest BCUT2D eigenvalue weighted by Crippen LogP contribution is -2.67. The molecule has 3 aliphatic heterocycles. The van der Waals surface area contributed by atoms with E-state index in [2.05, 4.69) is 40.7 Å². The summed E-state index contributed by atoms with van der Waals surface area (Å²) in [5.41, 5.74) is -0.948. The quantitative estimate of drug-likeness (QED) is 0.0946. The van der Waals surface area contributed by atoms with Crippen molar-refractivity contribution in [3.05, 3.63) is 11.6 Å². The van der Waals surface area contributed by atoms with Crippen LogP contribution in [0.1, 0.15) is 113 Å². The highest BCUT2D eigenvalue weighted by Crippen LogP contribution is 2.76. The van der Waals surface area contributed by atoms with E-state index in [1.54, 1.807) is 0 Å². The molecular weight excluding hydrogens is 836 g/mol. The minimum absolute atomic E-state index is 0.149. The molecule has 11 N–H and O–H groups in total. The van der Waals surface area contributed by atoms with Gasteiger partial charge in [0.05, 0.1) is 37.6 Å². The molecule has 0 radical (unpaired) electrons. The summed E-state index contributed by atoms with van der Waals surface area (Å²) >= 11 is 0. The third-order valence-electron chi connectivity index (χ3n) is 18.4. The van der Waals surface area contributed by atoms with Gasteiger partial charge in [-0.1, -0.05) is 46.3 Å². The molecule has 4 aliphatic carbocycles. The third-order valence-corrected chi connectivity index (χ3v) is 18.4. The molecule has 64 heavy (non-hydrogen) atoms. The van der Waals surface area contributed by atoms with Crippen molar-refractivity contribution in [2.75, 3.05) is 19.8 Å². The number of hydrogen-bond acceptors (Lipinski definition) is 17. The van der Waals surface area contributed by atoms with Gasteiger partial charge in [0, 0.05) is 0 Å². The van der Waals surface area contributed by atoms with Gasteiger partial charge in [0.25, 0.3) is 0 Å². The molecule has 0 bridgehead atoms. The summed E-state index contributed by atoms with van der Waals surface area (Å²) in [5, 5.41) is 118. The highest BCUT2D eigenvalue weighted by Gasteiger charge is 2.72. The van der Waals surface area contributed by atoms with Crippen LogP contribution in [0.5, 0.6) is 0 Å². The Labute approximate surface area is 377 Å². The summed E-state index contributed by atoms with van der Waals surface area (Å²) in [5.74, 6) is -0.0478. The van der Waals surface area contributed by atoms with E-state index >= 15 is 0 Å². The number of aliphatic hydroxyl groups is 11. The number of allylic oxidation sites excluding steroid dienone is 2. The van der Waals surface area contributed by atoms with Gasteiger partial charge >= 0.3 is 0 Å². The summed E-state index contributed by atoms with van der Waals surface area (Å²) < 4.78 is 36.5. The first-order valence-corrected chi connectivity index (χ1v) is 23.8. The van der Waals surface area contributed by atoms with E-state index in [0.29, 0.717) is 25.7 Å². The van der Waals surface area contributed by atoms with Gasteiger partial charge in [-0.3, -0.25) is 0 Å². The minimum Gasteiger partial charge on any atom is -0.394 e. The normalized spacial score (nSPS) is 52.5. The summed E-state index contributed by atoms with van der Waals surface area (Å²) in [7, 11) is 0. The molecule has 3 saturated heterocycles. The van der Waals surface area contributed by atoms with Crippen LogP contribution >= 0.6 is 0 Å². The Balaban J connectivity index is 1.11. The summed E-state index contributed by atoms with van der Waals surface area (Å²) in [6.45, 7) is 16.3. The van der Waals surface area contributed by atoms with Gasteiger partial charge in [-0.15, -0.1) is 0 Å². The average Bonchev–Trinajstić information content (AvgIpc) is 3.62. The number of fused-ring (bicyclic) bond motifs is 5. The maximum absolute atomic E-state index is 12.7. The average molecular weight is 917 g/mol. The van der Waals surface area contributed by atoms with Crippen molar-refractivity contribution in [1.82, 2.24) is 0 Å². The molecule has 7 fully saturated rings. The standard InChI is InChI=1S/C47H80O17/c1-22(2)10-9-14-47(8,64-42-39(58)36(55)34(53)27(62-42)21-60-40-37(56)32(51)25(50)20-59-40)23-11-16-46(7)31(23)24(49)18-29-44(5)15-13-30(43(3,4)28(44)12-17-45(29,46)6)63-41-38(57)35(54)33(52)26(19-48)61-41/h10,23-42,48-58H,9,11-21H2,1-8H3/t23-,24+,25+,26+,27+,28-,29+,30-,31-,32-,33+,34+,35-,36-,37+,38+,39+,40-,41-,42-,44-,45+,46+,47-/m0/s1. The van der Waals surface area contributed by atoms with Crippen molar-refractivity contribution < 1.29 is 84.6 Å².